The molecule has 6 atom stereocenters. The highest BCUT2D eigenvalue weighted by Gasteiger charge is 2.77. The monoisotopic (exact) mass is 735 g/mol. The summed E-state index contributed by atoms with van der Waals surface area (Å²) >= 11 is 14.8. The second-order valence-corrected chi connectivity index (χ2v) is 15.1. The summed E-state index contributed by atoms with van der Waals surface area (Å²) in [6.07, 6.45) is 1.73. The number of allylic oxidation sites excluding steroid dienone is 2. The first-order valence-electron chi connectivity index (χ1n) is 16.8. The third kappa shape index (κ3) is 4.31. The molecule has 3 heterocycles. The summed E-state index contributed by atoms with van der Waals surface area (Å²) in [7, 11) is 0. The number of fused-ring (bicyclic) bond motifs is 5. The number of oxazole rings is 1. The fourth-order valence-electron chi connectivity index (χ4n) is 8.66. The average molecular weight is 737 g/mol. The molecule has 12 heteroatoms. The van der Waals surface area contributed by atoms with Crippen LogP contribution in [0.3, 0.4) is 0 Å². The summed E-state index contributed by atoms with van der Waals surface area (Å²) in [6.45, 7) is 1.69. The van der Waals surface area contributed by atoms with Crippen molar-refractivity contribution in [3.05, 3.63) is 120 Å². The van der Waals surface area contributed by atoms with E-state index < -0.39 is 62.9 Å². The number of halogens is 3. The average Bonchev–Trinajstić information content (AvgIpc) is 3.73. The molecule has 2 aliphatic carbocycles. The highest BCUT2D eigenvalue weighted by Crippen LogP contribution is 2.66. The molecule has 9 rings (SSSR count). The number of amides is 4. The molecule has 1 N–H and O–H groups in total. The van der Waals surface area contributed by atoms with Crippen LogP contribution in [0.4, 0.5) is 15.8 Å². The number of rotatable bonds is 4. The molecule has 260 valence electrons. The number of nitrogens with zero attached hydrogens (tertiary/aromatic N) is 3. The fourth-order valence-corrected chi connectivity index (χ4v) is 9.59. The second kappa shape index (κ2) is 11.3. The normalized spacial score (nSPS) is 28.3. The number of para-hydroxylation sites is 3. The van der Waals surface area contributed by atoms with Gasteiger partial charge in [0.25, 0.3) is 11.8 Å². The van der Waals surface area contributed by atoms with Gasteiger partial charge >= 0.3 is 0 Å². The molecule has 4 aliphatic rings. The predicted molar refractivity (Wildman–Crippen MR) is 191 cm³/mol. The van der Waals surface area contributed by atoms with Crippen LogP contribution >= 0.6 is 23.2 Å². The standard InChI is InChI=1S/C40H28Cl2FN3O6/c1-20-5-4-6-27(33(20)47)32-25-17-18-26-31(28(25)19-39(41)37(50)46(38(51)40(32,39)42)24-15-11-22(43)12-16-24)36(49)45(35(26)48)23-13-9-21(10-14-23)34-44-29-7-2-3-8-30(29)52-34/h2-17,26,28,31-32,47H,18-19H2,1H3/t26-,28+,31-,32+,39+,40-/m0/s1. The Morgan fingerprint density at radius 2 is 1.52 bits per heavy atom. The van der Waals surface area contributed by atoms with Crippen LogP contribution in [0.1, 0.15) is 29.9 Å². The van der Waals surface area contributed by atoms with E-state index in [-0.39, 0.29) is 29.8 Å². The minimum absolute atomic E-state index is 0.0764. The molecular formula is C40H28Cl2FN3O6. The summed E-state index contributed by atoms with van der Waals surface area (Å²) < 4.78 is 19.8. The predicted octanol–water partition coefficient (Wildman–Crippen LogP) is 7.42. The topological polar surface area (TPSA) is 121 Å². The van der Waals surface area contributed by atoms with Crippen LogP contribution in [0.25, 0.3) is 22.6 Å². The molecule has 4 aromatic carbocycles. The summed E-state index contributed by atoms with van der Waals surface area (Å²) in [6, 6.07) is 24.0. The van der Waals surface area contributed by atoms with Crippen molar-refractivity contribution in [1.29, 1.82) is 0 Å². The molecule has 0 unspecified atom stereocenters. The first-order chi connectivity index (χ1) is 24.9. The van der Waals surface area contributed by atoms with Gasteiger partial charge in [-0.25, -0.2) is 14.3 Å². The lowest BCUT2D eigenvalue weighted by atomic mass is 9.56. The molecule has 52 heavy (non-hydrogen) atoms. The van der Waals surface area contributed by atoms with E-state index in [1.807, 2.05) is 30.3 Å². The molecule has 1 saturated carbocycles. The summed E-state index contributed by atoms with van der Waals surface area (Å²) in [5, 5.41) is 11.4. The molecule has 4 amide bonds. The Morgan fingerprint density at radius 3 is 2.25 bits per heavy atom. The zero-order valence-electron chi connectivity index (χ0n) is 27.4. The van der Waals surface area contributed by atoms with Crippen LogP contribution < -0.4 is 9.80 Å². The Labute approximate surface area is 306 Å². The molecule has 1 aromatic heterocycles. The molecule has 2 saturated heterocycles. The van der Waals surface area contributed by atoms with Gasteiger partial charge in [-0.2, -0.15) is 0 Å². The number of phenolic OH excluding ortho intramolecular Hbond substituents is 1. The van der Waals surface area contributed by atoms with E-state index in [0.29, 0.717) is 39.4 Å². The van der Waals surface area contributed by atoms with Gasteiger partial charge in [-0.05, 0) is 91.9 Å². The van der Waals surface area contributed by atoms with Crippen molar-refractivity contribution in [3.8, 4) is 17.2 Å². The first kappa shape index (κ1) is 32.6. The number of alkyl halides is 2. The van der Waals surface area contributed by atoms with Gasteiger partial charge in [0, 0.05) is 17.0 Å². The maximum atomic E-state index is 14.5. The Morgan fingerprint density at radius 1 is 0.827 bits per heavy atom. The maximum absolute atomic E-state index is 14.5. The summed E-state index contributed by atoms with van der Waals surface area (Å²) in [4.78, 5) is 59.9. The van der Waals surface area contributed by atoms with Gasteiger partial charge in [0.15, 0.2) is 15.3 Å². The highest BCUT2D eigenvalue weighted by molar-refractivity contribution is 6.58. The molecule has 0 bridgehead atoms. The molecule has 0 spiro atoms. The van der Waals surface area contributed by atoms with Crippen molar-refractivity contribution in [3.63, 3.8) is 0 Å². The van der Waals surface area contributed by atoms with Crippen LogP contribution in [-0.4, -0.2) is 43.5 Å². The minimum atomic E-state index is -2.15. The van der Waals surface area contributed by atoms with Gasteiger partial charge in [0.1, 0.15) is 17.1 Å². The van der Waals surface area contributed by atoms with Crippen LogP contribution in [0.5, 0.6) is 5.75 Å². The van der Waals surface area contributed by atoms with Crippen LogP contribution in [0.2, 0.25) is 0 Å². The minimum Gasteiger partial charge on any atom is -0.507 e. The molecular weight excluding hydrogens is 708 g/mol. The number of anilines is 2. The van der Waals surface area contributed by atoms with Crippen molar-refractivity contribution in [2.45, 2.75) is 35.4 Å². The zero-order chi connectivity index (χ0) is 36.3. The second-order valence-electron chi connectivity index (χ2n) is 13.8. The van der Waals surface area contributed by atoms with E-state index in [2.05, 4.69) is 4.98 Å². The lowest BCUT2D eigenvalue weighted by Gasteiger charge is -2.50. The van der Waals surface area contributed by atoms with Gasteiger partial charge in [-0.1, -0.05) is 42.0 Å². The lowest BCUT2D eigenvalue weighted by Crippen LogP contribution is -2.60. The van der Waals surface area contributed by atoms with Crippen molar-refractivity contribution >= 4 is 69.3 Å². The van der Waals surface area contributed by atoms with Gasteiger partial charge in [0.05, 0.1) is 23.2 Å². The largest absolute Gasteiger partial charge is 0.507 e. The van der Waals surface area contributed by atoms with E-state index >= 15 is 0 Å². The van der Waals surface area contributed by atoms with E-state index in [4.69, 9.17) is 27.6 Å². The molecule has 2 aliphatic heterocycles. The third-order valence-corrected chi connectivity index (χ3v) is 12.6. The molecule has 9 nitrogen and oxygen atoms in total. The van der Waals surface area contributed by atoms with Gasteiger partial charge < -0.3 is 9.52 Å². The van der Waals surface area contributed by atoms with Gasteiger partial charge in [0.2, 0.25) is 17.7 Å². The number of aromatic nitrogens is 1. The van der Waals surface area contributed by atoms with Crippen molar-refractivity contribution in [2.75, 3.05) is 9.80 Å². The van der Waals surface area contributed by atoms with Crippen LogP contribution in [-0.2, 0) is 19.2 Å². The molecule has 3 fully saturated rings. The lowest BCUT2D eigenvalue weighted by molar-refractivity contribution is -0.125. The SMILES string of the molecule is Cc1cccc([C@H]2C3=CC[C@@H]4C(=O)N(c5ccc(-c6nc7ccccc7o6)cc5)C(=O)[C@@H]4[C@@H]3C[C@@]3(Cl)C(=O)N(c4ccc(F)cc4)C(=O)[C@@]23Cl)c1O. The Bertz CT molecular complexity index is 2380. The first-order valence-corrected chi connectivity index (χ1v) is 17.5. The van der Waals surface area contributed by atoms with Crippen molar-refractivity contribution in [2.24, 2.45) is 17.8 Å². The van der Waals surface area contributed by atoms with E-state index in [9.17, 15) is 28.7 Å². The number of aryl methyl sites for hydroxylation is 1. The summed E-state index contributed by atoms with van der Waals surface area (Å²) in [5.74, 6) is -6.49. The number of aromatic hydroxyl groups is 1. The smallest absolute Gasteiger partial charge is 0.258 e. The number of benzene rings is 4. The van der Waals surface area contributed by atoms with E-state index in [1.165, 1.54) is 12.1 Å². The fraction of sp³-hybridized carbons (Fsp3) is 0.225. The zero-order valence-corrected chi connectivity index (χ0v) is 28.9. The van der Waals surface area contributed by atoms with E-state index in [0.717, 1.165) is 21.9 Å². The highest BCUT2D eigenvalue weighted by atomic mass is 35.5. The van der Waals surface area contributed by atoms with Crippen LogP contribution in [0, 0.1) is 30.5 Å². The van der Waals surface area contributed by atoms with Crippen LogP contribution in [0.15, 0.2) is 107 Å². The number of phenols is 1. The van der Waals surface area contributed by atoms with E-state index in [1.54, 1.807) is 49.4 Å². The third-order valence-electron chi connectivity index (χ3n) is 11.1. The number of hydrogen-bond acceptors (Lipinski definition) is 7. The van der Waals surface area contributed by atoms with Gasteiger partial charge in [-0.15, -0.1) is 23.2 Å². The molecule has 5 aromatic rings. The Kier molecular flexibility index (Phi) is 7.10. The number of hydrogen-bond donors (Lipinski definition) is 1. The number of carbonyl (C=O) groups excluding carboxylic acids is 4. The van der Waals surface area contributed by atoms with Crippen molar-refractivity contribution < 1.29 is 33.1 Å². The Hall–Kier alpha value is -5.32. The maximum Gasteiger partial charge on any atom is 0.258 e. The van der Waals surface area contributed by atoms with Crippen molar-refractivity contribution in [1.82, 2.24) is 4.98 Å². The molecule has 0 radical (unpaired) electrons. The number of imide groups is 2. The summed E-state index contributed by atoms with van der Waals surface area (Å²) in [5.41, 5.74) is 3.73. The van der Waals surface area contributed by atoms with Gasteiger partial charge in [-0.3, -0.25) is 24.1 Å². The quantitative estimate of drug-likeness (QED) is 0.116. The number of carbonyl (C=O) groups is 4. The Balaban J connectivity index is 1.12.